The highest BCUT2D eigenvalue weighted by Gasteiger charge is 2.22. The first-order chi connectivity index (χ1) is 8.22. The average Bonchev–Trinajstić information content (AvgIpc) is 2.31. The van der Waals surface area contributed by atoms with E-state index < -0.39 is 0 Å². The molecular formula is C13H15Cl2NO. The molecule has 0 aliphatic carbocycles. The fraction of sp³-hybridized carbons (Fsp3) is 0.462. The fourth-order valence-electron chi connectivity index (χ4n) is 2.10. The largest absolute Gasteiger partial charge is 0.481 e. The Labute approximate surface area is 112 Å². The van der Waals surface area contributed by atoms with Gasteiger partial charge in [-0.15, -0.1) is 0 Å². The molecule has 1 aromatic rings. The molecule has 0 saturated heterocycles. The van der Waals surface area contributed by atoms with E-state index in [1.807, 2.05) is 25.1 Å². The predicted molar refractivity (Wildman–Crippen MR) is 72.4 cm³/mol. The van der Waals surface area contributed by atoms with Crippen molar-refractivity contribution in [1.82, 2.24) is 0 Å². The lowest BCUT2D eigenvalue weighted by atomic mass is 9.92. The van der Waals surface area contributed by atoms with Gasteiger partial charge >= 0.3 is 0 Å². The monoisotopic (exact) mass is 271 g/mol. The normalized spacial score (nSPS) is 19.9. The highest BCUT2D eigenvalue weighted by atomic mass is 35.5. The molecule has 1 aromatic carbocycles. The van der Waals surface area contributed by atoms with E-state index >= 15 is 0 Å². The first-order valence-electron chi connectivity index (χ1n) is 5.82. The molecule has 0 bridgehead atoms. The number of halogens is 2. The molecule has 0 amide bonds. The van der Waals surface area contributed by atoms with E-state index in [9.17, 15) is 0 Å². The molecule has 0 unspecified atom stereocenters. The lowest BCUT2D eigenvalue weighted by Gasteiger charge is -2.23. The van der Waals surface area contributed by atoms with Crippen molar-refractivity contribution < 1.29 is 4.74 Å². The van der Waals surface area contributed by atoms with E-state index in [0.29, 0.717) is 19.1 Å². The minimum atomic E-state index is 0.306. The van der Waals surface area contributed by atoms with Crippen LogP contribution in [0.4, 0.5) is 0 Å². The van der Waals surface area contributed by atoms with Gasteiger partial charge in [0.05, 0.1) is 6.61 Å². The lowest BCUT2D eigenvalue weighted by molar-refractivity contribution is 0.307. The summed E-state index contributed by atoms with van der Waals surface area (Å²) >= 11 is 12.4. The van der Waals surface area contributed by atoms with E-state index in [1.165, 1.54) is 0 Å². The van der Waals surface area contributed by atoms with Gasteiger partial charge < -0.3 is 4.74 Å². The summed E-state index contributed by atoms with van der Waals surface area (Å²) in [5, 5.41) is 1.47. The molecule has 4 heteroatoms. The first kappa shape index (κ1) is 12.7. The maximum atomic E-state index is 6.20. The van der Waals surface area contributed by atoms with E-state index in [1.54, 1.807) is 0 Å². The van der Waals surface area contributed by atoms with Crippen LogP contribution in [-0.2, 0) is 4.74 Å². The van der Waals surface area contributed by atoms with Gasteiger partial charge in [0, 0.05) is 28.9 Å². The summed E-state index contributed by atoms with van der Waals surface area (Å²) in [6.07, 6.45) is 1.85. The zero-order chi connectivity index (χ0) is 12.3. The number of nitrogens with zero attached hydrogens (tertiary/aromatic N) is 1. The topological polar surface area (TPSA) is 21.6 Å². The van der Waals surface area contributed by atoms with Gasteiger partial charge in [0.25, 0.3) is 0 Å². The Kier molecular flexibility index (Phi) is 4.30. The molecule has 92 valence electrons. The summed E-state index contributed by atoms with van der Waals surface area (Å²) in [6, 6.07) is 5.63. The summed E-state index contributed by atoms with van der Waals surface area (Å²) in [6.45, 7) is 3.36. The summed E-state index contributed by atoms with van der Waals surface area (Å²) in [7, 11) is 0. The molecule has 0 saturated carbocycles. The van der Waals surface area contributed by atoms with Crippen molar-refractivity contribution in [2.45, 2.75) is 25.7 Å². The third-order valence-electron chi connectivity index (χ3n) is 2.91. The van der Waals surface area contributed by atoms with Crippen LogP contribution < -0.4 is 0 Å². The SMILES string of the molecule is CCOC1=NC[C@H](c2c(Cl)cccc2Cl)CC1. The molecule has 1 aliphatic heterocycles. The third-order valence-corrected chi connectivity index (χ3v) is 3.57. The van der Waals surface area contributed by atoms with Crippen LogP contribution in [0.2, 0.25) is 10.0 Å². The van der Waals surface area contributed by atoms with Gasteiger partial charge in [0.1, 0.15) is 0 Å². The molecule has 2 nitrogen and oxygen atoms in total. The number of rotatable bonds is 2. The molecule has 1 heterocycles. The highest BCUT2D eigenvalue weighted by Crippen LogP contribution is 2.35. The third kappa shape index (κ3) is 2.93. The molecule has 0 spiro atoms. The number of aliphatic imine (C=N–C) groups is 1. The average molecular weight is 272 g/mol. The van der Waals surface area contributed by atoms with Crippen molar-refractivity contribution in [3.8, 4) is 0 Å². The summed E-state index contributed by atoms with van der Waals surface area (Å²) in [5.74, 6) is 1.16. The van der Waals surface area contributed by atoms with Gasteiger partial charge in [-0.3, -0.25) is 4.99 Å². The second kappa shape index (κ2) is 5.74. The van der Waals surface area contributed by atoms with Crippen LogP contribution in [0.1, 0.15) is 31.2 Å². The molecule has 0 fully saturated rings. The smallest absolute Gasteiger partial charge is 0.183 e. The molecule has 0 N–H and O–H groups in total. The van der Waals surface area contributed by atoms with E-state index in [2.05, 4.69) is 4.99 Å². The van der Waals surface area contributed by atoms with Crippen molar-refractivity contribution in [3.63, 3.8) is 0 Å². The lowest BCUT2D eigenvalue weighted by Crippen LogP contribution is -2.17. The Morgan fingerprint density at radius 1 is 1.35 bits per heavy atom. The minimum Gasteiger partial charge on any atom is -0.481 e. The quantitative estimate of drug-likeness (QED) is 0.786. The number of benzene rings is 1. The molecule has 1 atom stereocenters. The molecule has 0 radical (unpaired) electrons. The minimum absolute atomic E-state index is 0.306. The van der Waals surface area contributed by atoms with Crippen LogP contribution in [0, 0.1) is 0 Å². The van der Waals surface area contributed by atoms with Gasteiger partial charge in [-0.2, -0.15) is 0 Å². The second-order valence-corrected chi connectivity index (χ2v) is 4.85. The number of hydrogen-bond donors (Lipinski definition) is 0. The van der Waals surface area contributed by atoms with Crippen LogP contribution in [0.3, 0.4) is 0 Å². The zero-order valence-corrected chi connectivity index (χ0v) is 11.3. The van der Waals surface area contributed by atoms with Crippen molar-refractivity contribution in [3.05, 3.63) is 33.8 Å². The van der Waals surface area contributed by atoms with Gasteiger partial charge in [-0.25, -0.2) is 0 Å². The van der Waals surface area contributed by atoms with Crippen LogP contribution >= 0.6 is 23.2 Å². The molecule has 17 heavy (non-hydrogen) atoms. The van der Waals surface area contributed by atoms with Crippen LogP contribution in [0.25, 0.3) is 0 Å². The van der Waals surface area contributed by atoms with Crippen molar-refractivity contribution in [1.29, 1.82) is 0 Å². The van der Waals surface area contributed by atoms with Gasteiger partial charge in [0.15, 0.2) is 5.90 Å². The van der Waals surface area contributed by atoms with E-state index in [4.69, 9.17) is 27.9 Å². The fourth-order valence-corrected chi connectivity index (χ4v) is 2.81. The maximum Gasteiger partial charge on any atom is 0.183 e. The highest BCUT2D eigenvalue weighted by molar-refractivity contribution is 6.36. The Hall–Kier alpha value is -0.730. The van der Waals surface area contributed by atoms with Gasteiger partial charge in [0.2, 0.25) is 0 Å². The summed E-state index contributed by atoms with van der Waals surface area (Å²) in [4.78, 5) is 4.44. The van der Waals surface area contributed by atoms with E-state index in [0.717, 1.165) is 34.3 Å². The zero-order valence-electron chi connectivity index (χ0n) is 9.75. The summed E-state index contributed by atoms with van der Waals surface area (Å²) < 4.78 is 5.41. The molecule has 1 aliphatic rings. The Balaban J connectivity index is 2.16. The van der Waals surface area contributed by atoms with Gasteiger partial charge in [-0.05, 0) is 31.0 Å². The maximum absolute atomic E-state index is 6.20. The first-order valence-corrected chi connectivity index (χ1v) is 6.58. The number of ether oxygens (including phenoxy) is 1. The van der Waals surface area contributed by atoms with E-state index in [-0.39, 0.29) is 0 Å². The standard InChI is InChI=1S/C13H15Cl2NO/c1-2-17-12-7-6-9(8-16-12)13-10(14)4-3-5-11(13)15/h3-5,9H,2,6-8H2,1H3/t9-/m1/s1. The van der Waals surface area contributed by atoms with Crippen LogP contribution in [0.15, 0.2) is 23.2 Å². The Bertz CT molecular complexity index is 411. The molecule has 0 aromatic heterocycles. The molecular weight excluding hydrogens is 257 g/mol. The Morgan fingerprint density at radius 2 is 2.06 bits per heavy atom. The summed E-state index contributed by atoms with van der Waals surface area (Å²) in [5.41, 5.74) is 1.02. The Morgan fingerprint density at radius 3 is 2.59 bits per heavy atom. The van der Waals surface area contributed by atoms with Crippen molar-refractivity contribution in [2.75, 3.05) is 13.2 Å². The van der Waals surface area contributed by atoms with Crippen molar-refractivity contribution >= 4 is 29.1 Å². The number of hydrogen-bond acceptors (Lipinski definition) is 2. The van der Waals surface area contributed by atoms with Crippen LogP contribution in [-0.4, -0.2) is 19.0 Å². The second-order valence-electron chi connectivity index (χ2n) is 4.04. The van der Waals surface area contributed by atoms with Crippen LogP contribution in [0.5, 0.6) is 0 Å². The van der Waals surface area contributed by atoms with Gasteiger partial charge in [-0.1, -0.05) is 29.3 Å². The predicted octanol–water partition coefficient (Wildman–Crippen LogP) is 4.31. The van der Waals surface area contributed by atoms with Crippen molar-refractivity contribution in [2.24, 2.45) is 4.99 Å². The molecule has 2 rings (SSSR count).